The van der Waals surface area contributed by atoms with E-state index in [9.17, 15) is 13.2 Å². The fraction of sp³-hybridized carbons (Fsp3) is 0.231. The monoisotopic (exact) mass is 336 g/mol. The average molecular weight is 336 g/mol. The molecule has 122 valence electrons. The van der Waals surface area contributed by atoms with Gasteiger partial charge in [-0.3, -0.25) is 10.5 Å². The van der Waals surface area contributed by atoms with Crippen LogP contribution in [0.25, 0.3) is 0 Å². The van der Waals surface area contributed by atoms with E-state index in [1.165, 1.54) is 11.2 Å². The number of carbonyl (C=O) groups excluding carboxylic acids is 1. The summed E-state index contributed by atoms with van der Waals surface area (Å²) in [6.45, 7) is 0. The summed E-state index contributed by atoms with van der Waals surface area (Å²) in [5, 5.41) is 6.72. The molecule has 0 radical (unpaired) electrons. The first-order valence-corrected chi connectivity index (χ1v) is 8.42. The predicted octanol–water partition coefficient (Wildman–Crippen LogP) is -0.941. The Morgan fingerprint density at radius 2 is 2.00 bits per heavy atom. The van der Waals surface area contributed by atoms with Gasteiger partial charge in [-0.2, -0.15) is 0 Å². The van der Waals surface area contributed by atoms with E-state index in [0.29, 0.717) is 0 Å². The molecule has 1 aromatic heterocycles. The summed E-state index contributed by atoms with van der Waals surface area (Å²) in [5.41, 5.74) is 6.83. The molecule has 10 heteroatoms. The highest BCUT2D eigenvalue weighted by Crippen LogP contribution is 2.26. The molecule has 0 fully saturated rings. The number of primary sulfonamides is 1. The number of nitrogens with two attached hydrogens (primary N) is 2. The second-order valence-electron chi connectivity index (χ2n) is 5.16. The van der Waals surface area contributed by atoms with Crippen molar-refractivity contribution in [3.8, 4) is 0 Å². The molecule has 2 unspecified atom stereocenters. The lowest BCUT2D eigenvalue weighted by atomic mass is 10.1. The predicted molar refractivity (Wildman–Crippen MR) is 83.5 cm³/mol. The maximum atomic E-state index is 12.1. The number of nitrogens with zero attached hydrogens (tertiary/aromatic N) is 2. The quantitative estimate of drug-likeness (QED) is 0.566. The number of sulfonamides is 1. The third-order valence-electron chi connectivity index (χ3n) is 3.61. The lowest BCUT2D eigenvalue weighted by Crippen LogP contribution is -2.64. The van der Waals surface area contributed by atoms with E-state index in [1.54, 1.807) is 24.3 Å². The number of aromatic nitrogens is 2. The molecule has 23 heavy (non-hydrogen) atoms. The van der Waals surface area contributed by atoms with Crippen LogP contribution >= 0.6 is 0 Å². The van der Waals surface area contributed by atoms with Crippen molar-refractivity contribution in [3.63, 3.8) is 0 Å². The number of rotatable bonds is 4. The Bertz CT molecular complexity index is 819. The first-order chi connectivity index (χ1) is 10.9. The molecule has 0 spiro atoms. The minimum absolute atomic E-state index is 0.107. The molecule has 3 rings (SSSR count). The van der Waals surface area contributed by atoms with E-state index in [0.717, 1.165) is 5.56 Å². The van der Waals surface area contributed by atoms with Crippen molar-refractivity contribution >= 4 is 21.7 Å². The summed E-state index contributed by atoms with van der Waals surface area (Å²) in [5.74, 6) is -0.287. The number of hydrogen-bond acceptors (Lipinski definition) is 6. The van der Waals surface area contributed by atoms with Crippen molar-refractivity contribution in [1.82, 2.24) is 15.3 Å². The number of fused-ring (bicyclic) bond motifs is 1. The van der Waals surface area contributed by atoms with E-state index in [2.05, 4.69) is 15.3 Å². The Kier molecular flexibility index (Phi) is 3.80. The molecule has 0 saturated heterocycles. The number of anilines is 1. The van der Waals surface area contributed by atoms with Gasteiger partial charge in [0.15, 0.2) is 17.5 Å². The molecule has 1 aliphatic rings. The Balaban J connectivity index is 2.04. The van der Waals surface area contributed by atoms with Gasteiger partial charge in [-0.25, -0.2) is 18.5 Å². The molecule has 2 atom stereocenters. The molecule has 1 amide bonds. The minimum atomic E-state index is -3.99. The van der Waals surface area contributed by atoms with Gasteiger partial charge < -0.3 is 15.2 Å². The third kappa shape index (κ3) is 2.91. The van der Waals surface area contributed by atoms with Crippen molar-refractivity contribution in [2.24, 2.45) is 10.9 Å². The molecular formula is C13H16N6O3S. The Morgan fingerprint density at radius 3 is 2.65 bits per heavy atom. The van der Waals surface area contributed by atoms with Gasteiger partial charge in [-0.15, -0.1) is 0 Å². The van der Waals surface area contributed by atoms with Crippen LogP contribution in [0, 0.1) is 0 Å². The van der Waals surface area contributed by atoms with E-state index in [-0.39, 0.29) is 17.9 Å². The summed E-state index contributed by atoms with van der Waals surface area (Å²) >= 11 is 0. The van der Waals surface area contributed by atoms with E-state index in [4.69, 9.17) is 10.9 Å². The molecular weight excluding hydrogens is 320 g/mol. The maximum absolute atomic E-state index is 12.1. The molecule has 0 saturated carbocycles. The van der Waals surface area contributed by atoms with Crippen LogP contribution < -0.4 is 21.1 Å². The number of aromatic amines is 1. The van der Waals surface area contributed by atoms with Crippen molar-refractivity contribution in [3.05, 3.63) is 47.9 Å². The van der Waals surface area contributed by atoms with Gasteiger partial charge in [0.25, 0.3) is 5.91 Å². The van der Waals surface area contributed by atoms with Gasteiger partial charge in [0, 0.05) is 6.42 Å². The summed E-state index contributed by atoms with van der Waals surface area (Å²) in [6.07, 6.45) is 0.360. The molecule has 1 aromatic carbocycles. The van der Waals surface area contributed by atoms with Crippen molar-refractivity contribution < 1.29 is 13.2 Å². The zero-order valence-corrected chi connectivity index (χ0v) is 12.8. The topological polar surface area (TPSA) is 147 Å². The van der Waals surface area contributed by atoms with Crippen LogP contribution in [0.5, 0.6) is 0 Å². The summed E-state index contributed by atoms with van der Waals surface area (Å²) in [4.78, 5) is 19.9. The Hall–Kier alpha value is -2.43. The molecule has 0 aliphatic carbocycles. The van der Waals surface area contributed by atoms with Crippen LogP contribution in [0.2, 0.25) is 0 Å². The van der Waals surface area contributed by atoms with Crippen LogP contribution in [0.3, 0.4) is 0 Å². The first kappa shape index (κ1) is 15.5. The average Bonchev–Trinajstić information content (AvgIpc) is 2.96. The van der Waals surface area contributed by atoms with Crippen LogP contribution in [0.15, 0.2) is 36.7 Å². The Labute approximate surface area is 132 Å². The zero-order chi connectivity index (χ0) is 16.6. The van der Waals surface area contributed by atoms with E-state index < -0.39 is 27.6 Å². The molecule has 9 nitrogen and oxygen atoms in total. The molecule has 2 heterocycles. The van der Waals surface area contributed by atoms with Gasteiger partial charge >= 0.3 is 0 Å². The highest BCUT2D eigenvalue weighted by molar-refractivity contribution is 7.89. The molecule has 2 aromatic rings. The number of nitrogens with one attached hydrogen (secondary N) is 2. The number of amides is 1. The highest BCUT2D eigenvalue weighted by Gasteiger charge is 2.40. The number of benzene rings is 1. The normalized spacial score (nSPS) is 19.1. The van der Waals surface area contributed by atoms with Crippen molar-refractivity contribution in [2.45, 2.75) is 18.1 Å². The zero-order valence-electron chi connectivity index (χ0n) is 12.0. The van der Waals surface area contributed by atoms with E-state index >= 15 is 0 Å². The minimum Gasteiger partial charge on any atom is -0.339 e. The standard InChI is InChI=1S/C13H16N6O3S/c14-13-18-12(20)10-11(17-7-16-10)19(13)9(23(15,21)22)6-8-4-2-1-3-5-8/h1-5,7,9,13H,6,14H2,(H,16,17)(H,18,20)(H2,15,21,22). The van der Waals surface area contributed by atoms with Gasteiger partial charge in [0.05, 0.1) is 6.33 Å². The SMILES string of the molecule is NC1NC(=O)c2[nH]cnc2N1C(Cc1ccccc1)S(N)(=O)=O. The van der Waals surface area contributed by atoms with Crippen molar-refractivity contribution in [1.29, 1.82) is 0 Å². The van der Waals surface area contributed by atoms with Crippen LogP contribution in [-0.2, 0) is 16.4 Å². The number of imidazole rings is 1. The smallest absolute Gasteiger partial charge is 0.274 e. The lowest BCUT2D eigenvalue weighted by molar-refractivity contribution is 0.0922. The Morgan fingerprint density at radius 1 is 1.30 bits per heavy atom. The summed E-state index contributed by atoms with van der Waals surface area (Å²) in [6, 6.07) is 9.00. The van der Waals surface area contributed by atoms with E-state index in [1.807, 2.05) is 6.07 Å². The summed E-state index contributed by atoms with van der Waals surface area (Å²) < 4.78 is 24.2. The molecule has 1 aliphatic heterocycles. The third-order valence-corrected chi connectivity index (χ3v) is 4.76. The fourth-order valence-corrected chi connectivity index (χ4v) is 3.53. The van der Waals surface area contributed by atoms with Crippen molar-refractivity contribution in [2.75, 3.05) is 4.90 Å². The molecule has 0 bridgehead atoms. The highest BCUT2D eigenvalue weighted by atomic mass is 32.2. The first-order valence-electron chi connectivity index (χ1n) is 6.81. The van der Waals surface area contributed by atoms with Gasteiger partial charge in [0.1, 0.15) is 5.69 Å². The lowest BCUT2D eigenvalue weighted by Gasteiger charge is -2.38. The van der Waals surface area contributed by atoms with Crippen LogP contribution in [0.4, 0.5) is 5.82 Å². The largest absolute Gasteiger partial charge is 0.339 e. The molecule has 6 N–H and O–H groups in total. The maximum Gasteiger partial charge on any atom is 0.274 e. The number of hydrogen-bond donors (Lipinski definition) is 4. The number of H-pyrrole nitrogens is 1. The second-order valence-corrected chi connectivity index (χ2v) is 6.88. The summed E-state index contributed by atoms with van der Waals surface area (Å²) in [7, 11) is -3.99. The van der Waals surface area contributed by atoms with Gasteiger partial charge in [-0.1, -0.05) is 30.3 Å². The second kappa shape index (κ2) is 5.65. The van der Waals surface area contributed by atoms with Gasteiger partial charge in [0.2, 0.25) is 10.0 Å². The number of carbonyl (C=O) groups is 1. The van der Waals surface area contributed by atoms with Crippen LogP contribution in [0.1, 0.15) is 16.1 Å². The van der Waals surface area contributed by atoms with Gasteiger partial charge in [-0.05, 0) is 5.56 Å². The van der Waals surface area contributed by atoms with Crippen LogP contribution in [-0.4, -0.2) is 36.0 Å². The fourth-order valence-electron chi connectivity index (χ4n) is 2.56.